The summed E-state index contributed by atoms with van der Waals surface area (Å²) in [5.74, 6) is -0.294. The maximum Gasteiger partial charge on any atom is 0.149 e. The van der Waals surface area contributed by atoms with Gasteiger partial charge in [0.05, 0.1) is 11.7 Å². The Kier molecular flexibility index (Phi) is 2.29. The molecule has 0 spiro atoms. The number of hydrogen-bond acceptors (Lipinski definition) is 2. The summed E-state index contributed by atoms with van der Waals surface area (Å²) in [5, 5.41) is 1.88. The van der Waals surface area contributed by atoms with E-state index in [2.05, 4.69) is 15.0 Å². The van der Waals surface area contributed by atoms with E-state index in [1.165, 1.54) is 6.07 Å². The number of benzene rings is 1. The van der Waals surface area contributed by atoms with Crippen LogP contribution in [0.15, 0.2) is 55.1 Å². The molecule has 0 unspecified atom stereocenters. The molecule has 3 aromatic heterocycles. The summed E-state index contributed by atoms with van der Waals surface area (Å²) in [6.07, 6.45) is 7.17. The molecule has 4 heteroatoms. The van der Waals surface area contributed by atoms with Gasteiger partial charge in [-0.2, -0.15) is 0 Å². The number of para-hydroxylation sites is 1. The number of halogens is 1. The van der Waals surface area contributed by atoms with Gasteiger partial charge < -0.3 is 4.98 Å². The van der Waals surface area contributed by atoms with Crippen LogP contribution in [0, 0.1) is 5.82 Å². The lowest BCUT2D eigenvalue weighted by Gasteiger charge is -2.03. The molecule has 4 rings (SSSR count). The molecule has 96 valence electrons. The molecule has 1 aromatic carbocycles. The Labute approximate surface area is 114 Å². The number of nitrogens with zero attached hydrogens (tertiary/aromatic N) is 2. The van der Waals surface area contributed by atoms with Crippen molar-refractivity contribution >= 4 is 21.8 Å². The van der Waals surface area contributed by atoms with Crippen LogP contribution in [-0.2, 0) is 0 Å². The number of fused-ring (bicyclic) bond motifs is 2. The zero-order valence-corrected chi connectivity index (χ0v) is 10.5. The van der Waals surface area contributed by atoms with Crippen molar-refractivity contribution in [1.82, 2.24) is 15.0 Å². The first-order chi connectivity index (χ1) is 9.83. The molecule has 0 aliphatic rings. The zero-order chi connectivity index (χ0) is 13.5. The van der Waals surface area contributed by atoms with Gasteiger partial charge in [0.1, 0.15) is 11.3 Å². The van der Waals surface area contributed by atoms with E-state index in [-0.39, 0.29) is 5.82 Å². The molecule has 0 atom stereocenters. The number of hydrogen-bond donors (Lipinski definition) is 1. The molecular weight excluding hydrogens is 253 g/mol. The van der Waals surface area contributed by atoms with Crippen LogP contribution in [0.25, 0.3) is 32.9 Å². The minimum atomic E-state index is -0.294. The Bertz CT molecular complexity index is 927. The molecule has 1 N–H and O–H groups in total. The van der Waals surface area contributed by atoms with Gasteiger partial charge in [-0.25, -0.2) is 4.39 Å². The molecule has 0 fully saturated rings. The Morgan fingerprint density at radius 1 is 1.10 bits per heavy atom. The van der Waals surface area contributed by atoms with Crippen LogP contribution in [0.2, 0.25) is 0 Å². The van der Waals surface area contributed by atoms with Crippen molar-refractivity contribution < 1.29 is 4.39 Å². The SMILES string of the molecule is Fc1cccc2cc(-c3c[nH]c4cnccc34)cnc12. The maximum absolute atomic E-state index is 13.6. The Morgan fingerprint density at radius 3 is 3.00 bits per heavy atom. The molecule has 20 heavy (non-hydrogen) atoms. The fraction of sp³-hybridized carbons (Fsp3) is 0. The quantitative estimate of drug-likeness (QED) is 0.565. The fourth-order valence-corrected chi connectivity index (χ4v) is 2.48. The molecule has 0 saturated carbocycles. The van der Waals surface area contributed by atoms with Gasteiger partial charge in [0.25, 0.3) is 0 Å². The van der Waals surface area contributed by atoms with E-state index in [1.807, 2.05) is 24.4 Å². The van der Waals surface area contributed by atoms with Gasteiger partial charge in [-0.3, -0.25) is 9.97 Å². The van der Waals surface area contributed by atoms with Crippen molar-refractivity contribution in [3.8, 4) is 11.1 Å². The van der Waals surface area contributed by atoms with E-state index in [1.54, 1.807) is 24.7 Å². The zero-order valence-electron chi connectivity index (χ0n) is 10.5. The molecule has 0 radical (unpaired) electrons. The lowest BCUT2D eigenvalue weighted by Crippen LogP contribution is -1.85. The summed E-state index contributed by atoms with van der Waals surface area (Å²) in [6, 6.07) is 8.89. The van der Waals surface area contributed by atoms with Gasteiger partial charge in [-0.15, -0.1) is 0 Å². The van der Waals surface area contributed by atoms with Crippen LogP contribution < -0.4 is 0 Å². The topological polar surface area (TPSA) is 41.6 Å². The predicted molar refractivity (Wildman–Crippen MR) is 76.8 cm³/mol. The summed E-state index contributed by atoms with van der Waals surface area (Å²) in [4.78, 5) is 11.5. The van der Waals surface area contributed by atoms with Gasteiger partial charge in [0.15, 0.2) is 0 Å². The molecule has 3 heterocycles. The summed E-state index contributed by atoms with van der Waals surface area (Å²) in [6.45, 7) is 0. The normalized spacial score (nSPS) is 11.2. The first kappa shape index (κ1) is 11.1. The largest absolute Gasteiger partial charge is 0.359 e. The minimum Gasteiger partial charge on any atom is -0.359 e. The first-order valence-corrected chi connectivity index (χ1v) is 6.29. The number of H-pyrrole nitrogens is 1. The third-order valence-corrected chi connectivity index (χ3v) is 3.46. The summed E-state index contributed by atoms with van der Waals surface area (Å²) >= 11 is 0. The highest BCUT2D eigenvalue weighted by Crippen LogP contribution is 2.29. The van der Waals surface area contributed by atoms with E-state index in [0.29, 0.717) is 5.52 Å². The smallest absolute Gasteiger partial charge is 0.149 e. The van der Waals surface area contributed by atoms with E-state index < -0.39 is 0 Å². The Morgan fingerprint density at radius 2 is 2.05 bits per heavy atom. The molecule has 4 aromatic rings. The van der Waals surface area contributed by atoms with Crippen molar-refractivity contribution in [2.75, 3.05) is 0 Å². The standard InChI is InChI=1S/C16H10FN3/c17-14-3-1-2-10-6-11(7-20-16(10)14)13-8-19-15-9-18-5-4-12(13)15/h1-9,19H. The minimum absolute atomic E-state index is 0.294. The average molecular weight is 263 g/mol. The monoisotopic (exact) mass is 263 g/mol. The van der Waals surface area contributed by atoms with Crippen LogP contribution >= 0.6 is 0 Å². The number of rotatable bonds is 1. The van der Waals surface area contributed by atoms with E-state index >= 15 is 0 Å². The molecule has 0 aliphatic carbocycles. The van der Waals surface area contributed by atoms with Gasteiger partial charge in [-0.1, -0.05) is 12.1 Å². The van der Waals surface area contributed by atoms with Crippen molar-refractivity contribution in [2.45, 2.75) is 0 Å². The van der Waals surface area contributed by atoms with Crippen LogP contribution in [0.1, 0.15) is 0 Å². The predicted octanol–water partition coefficient (Wildman–Crippen LogP) is 3.92. The van der Waals surface area contributed by atoms with Crippen molar-refractivity contribution in [1.29, 1.82) is 0 Å². The fourth-order valence-electron chi connectivity index (χ4n) is 2.48. The van der Waals surface area contributed by atoms with E-state index in [0.717, 1.165) is 27.4 Å². The Balaban J connectivity index is 1.98. The van der Waals surface area contributed by atoms with E-state index in [9.17, 15) is 4.39 Å². The lowest BCUT2D eigenvalue weighted by molar-refractivity contribution is 0.637. The summed E-state index contributed by atoms with van der Waals surface area (Å²) in [5.41, 5.74) is 3.38. The van der Waals surface area contributed by atoms with Crippen LogP contribution in [0.5, 0.6) is 0 Å². The van der Waals surface area contributed by atoms with Gasteiger partial charge >= 0.3 is 0 Å². The molecule has 3 nitrogen and oxygen atoms in total. The highest BCUT2D eigenvalue weighted by Gasteiger charge is 2.08. The third-order valence-electron chi connectivity index (χ3n) is 3.46. The number of nitrogens with one attached hydrogen (secondary N) is 1. The Hall–Kier alpha value is -2.75. The summed E-state index contributed by atoms with van der Waals surface area (Å²) in [7, 11) is 0. The average Bonchev–Trinajstić information content (AvgIpc) is 2.91. The van der Waals surface area contributed by atoms with Crippen LogP contribution in [0.3, 0.4) is 0 Å². The highest BCUT2D eigenvalue weighted by atomic mass is 19.1. The second-order valence-electron chi connectivity index (χ2n) is 4.66. The highest BCUT2D eigenvalue weighted by molar-refractivity contribution is 5.96. The van der Waals surface area contributed by atoms with E-state index in [4.69, 9.17) is 0 Å². The van der Waals surface area contributed by atoms with Gasteiger partial charge in [-0.05, 0) is 18.2 Å². The molecule has 0 saturated heterocycles. The second kappa shape index (κ2) is 4.13. The number of aromatic nitrogens is 3. The van der Waals surface area contributed by atoms with Crippen molar-refractivity contribution in [2.24, 2.45) is 0 Å². The lowest BCUT2D eigenvalue weighted by atomic mass is 10.1. The van der Waals surface area contributed by atoms with Crippen molar-refractivity contribution in [3.63, 3.8) is 0 Å². The molecule has 0 amide bonds. The van der Waals surface area contributed by atoms with Crippen LogP contribution in [-0.4, -0.2) is 15.0 Å². The third kappa shape index (κ3) is 1.58. The first-order valence-electron chi connectivity index (χ1n) is 6.29. The van der Waals surface area contributed by atoms with Crippen LogP contribution in [0.4, 0.5) is 4.39 Å². The van der Waals surface area contributed by atoms with Gasteiger partial charge in [0, 0.05) is 40.5 Å². The molecule has 0 bridgehead atoms. The molecular formula is C16H10FN3. The van der Waals surface area contributed by atoms with Crippen molar-refractivity contribution in [3.05, 3.63) is 60.9 Å². The number of aromatic amines is 1. The second-order valence-corrected chi connectivity index (χ2v) is 4.66. The summed E-state index contributed by atoms with van der Waals surface area (Å²) < 4.78 is 13.6. The number of pyridine rings is 2. The maximum atomic E-state index is 13.6. The van der Waals surface area contributed by atoms with Gasteiger partial charge in [0.2, 0.25) is 0 Å². The molecule has 0 aliphatic heterocycles.